The Morgan fingerprint density at radius 1 is 0.967 bits per heavy atom. The lowest BCUT2D eigenvalue weighted by molar-refractivity contribution is -0.145. The minimum absolute atomic E-state index is 0.247. The molecule has 3 aromatic rings. The molecule has 1 unspecified atom stereocenters. The number of para-hydroxylation sites is 1. The lowest BCUT2D eigenvalue weighted by Gasteiger charge is -2.15. The second-order valence-corrected chi connectivity index (χ2v) is 7.59. The lowest BCUT2D eigenvalue weighted by atomic mass is 10.0. The van der Waals surface area contributed by atoms with Gasteiger partial charge in [-0.1, -0.05) is 77.5 Å². The zero-order valence-electron chi connectivity index (χ0n) is 16.4. The molecule has 0 saturated carbocycles. The second kappa shape index (κ2) is 10.0. The van der Waals surface area contributed by atoms with E-state index in [2.05, 4.69) is 15.9 Å². The Morgan fingerprint density at radius 2 is 1.57 bits per heavy atom. The van der Waals surface area contributed by atoms with E-state index in [0.717, 1.165) is 21.2 Å². The van der Waals surface area contributed by atoms with Gasteiger partial charge >= 0.3 is 5.97 Å². The quantitative estimate of drug-likeness (QED) is 0.315. The van der Waals surface area contributed by atoms with E-state index in [4.69, 9.17) is 4.74 Å². The van der Waals surface area contributed by atoms with Crippen LogP contribution in [0.5, 0.6) is 5.75 Å². The van der Waals surface area contributed by atoms with Crippen LogP contribution in [0, 0.1) is 0 Å². The summed E-state index contributed by atoms with van der Waals surface area (Å²) in [7, 11) is 0. The van der Waals surface area contributed by atoms with Crippen LogP contribution in [0.3, 0.4) is 0 Å². The van der Waals surface area contributed by atoms with Crippen LogP contribution in [0.25, 0.3) is 17.2 Å². The fourth-order valence-corrected chi connectivity index (χ4v) is 3.19. The van der Waals surface area contributed by atoms with Gasteiger partial charge in [-0.15, -0.1) is 0 Å². The Kier molecular flexibility index (Phi) is 7.20. The molecule has 4 nitrogen and oxygen atoms in total. The largest absolute Gasteiger partial charge is 0.479 e. The molecule has 30 heavy (non-hydrogen) atoms. The minimum atomic E-state index is -1.05. The molecule has 0 heterocycles. The van der Waals surface area contributed by atoms with E-state index in [1.54, 1.807) is 37.3 Å². The number of benzene rings is 3. The molecule has 0 aliphatic carbocycles. The molecular formula is C25H21BrO4. The Hall–Kier alpha value is -3.18. The molecule has 0 fully saturated rings. The first-order chi connectivity index (χ1) is 14.5. The molecular weight excluding hydrogens is 444 g/mol. The van der Waals surface area contributed by atoms with Crippen LogP contribution >= 0.6 is 15.9 Å². The summed E-state index contributed by atoms with van der Waals surface area (Å²) in [4.78, 5) is 23.9. The first-order valence-electron chi connectivity index (χ1n) is 9.55. The fourth-order valence-electron chi connectivity index (χ4n) is 2.93. The molecule has 5 heteroatoms. The van der Waals surface area contributed by atoms with Crippen molar-refractivity contribution in [1.29, 1.82) is 0 Å². The van der Waals surface area contributed by atoms with Gasteiger partial charge < -0.3 is 9.84 Å². The van der Waals surface area contributed by atoms with Gasteiger partial charge in [0, 0.05) is 4.47 Å². The molecule has 0 radical (unpaired) electrons. The van der Waals surface area contributed by atoms with E-state index in [9.17, 15) is 14.7 Å². The zero-order valence-corrected chi connectivity index (χ0v) is 18.0. The number of carboxylic acid groups (broad SMARTS) is 1. The second-order valence-electron chi connectivity index (χ2n) is 6.68. The average Bonchev–Trinajstić information content (AvgIpc) is 2.77. The SMILES string of the molecule is CCC(Oc1ccccc1C(=O)/C=C/c1ccc(-c2ccc(Br)cc2)cc1)C(=O)O. The van der Waals surface area contributed by atoms with Crippen LogP contribution in [-0.4, -0.2) is 23.0 Å². The number of carbonyl (C=O) groups excluding carboxylic acids is 1. The van der Waals surface area contributed by atoms with Crippen molar-refractivity contribution in [2.45, 2.75) is 19.4 Å². The van der Waals surface area contributed by atoms with Crippen LogP contribution in [0.2, 0.25) is 0 Å². The molecule has 3 aromatic carbocycles. The average molecular weight is 465 g/mol. The highest BCUT2D eigenvalue weighted by molar-refractivity contribution is 9.10. The highest BCUT2D eigenvalue weighted by Crippen LogP contribution is 2.24. The van der Waals surface area contributed by atoms with Crippen LogP contribution in [0.15, 0.2) is 83.3 Å². The topological polar surface area (TPSA) is 63.6 Å². The number of ketones is 1. The summed E-state index contributed by atoms with van der Waals surface area (Å²) in [6.07, 6.45) is 2.52. The van der Waals surface area contributed by atoms with E-state index in [1.807, 2.05) is 48.5 Å². The van der Waals surface area contributed by atoms with Gasteiger partial charge in [0.25, 0.3) is 0 Å². The predicted molar refractivity (Wildman–Crippen MR) is 122 cm³/mol. The molecule has 0 spiro atoms. The van der Waals surface area contributed by atoms with Crippen molar-refractivity contribution in [3.8, 4) is 16.9 Å². The third-order valence-electron chi connectivity index (χ3n) is 4.58. The predicted octanol–water partition coefficient (Wildman–Crippen LogP) is 6.25. The highest BCUT2D eigenvalue weighted by atomic mass is 79.9. The molecule has 0 amide bonds. The van der Waals surface area contributed by atoms with Crippen molar-refractivity contribution in [3.05, 3.63) is 94.5 Å². The summed E-state index contributed by atoms with van der Waals surface area (Å²) >= 11 is 3.43. The Morgan fingerprint density at radius 3 is 2.17 bits per heavy atom. The maximum absolute atomic E-state index is 12.7. The van der Waals surface area contributed by atoms with Crippen LogP contribution in [0.4, 0.5) is 0 Å². The number of halogens is 1. The number of aliphatic carboxylic acids is 1. The van der Waals surface area contributed by atoms with Crippen molar-refractivity contribution < 1.29 is 19.4 Å². The van der Waals surface area contributed by atoms with Gasteiger partial charge in [0.05, 0.1) is 5.56 Å². The molecule has 1 N–H and O–H groups in total. The summed E-state index contributed by atoms with van der Waals surface area (Å²) in [6, 6.07) is 22.6. The molecule has 1 atom stereocenters. The number of carbonyl (C=O) groups is 2. The van der Waals surface area contributed by atoms with Crippen LogP contribution in [-0.2, 0) is 4.79 Å². The van der Waals surface area contributed by atoms with Crippen molar-refractivity contribution in [3.63, 3.8) is 0 Å². The third kappa shape index (κ3) is 5.45. The number of rotatable bonds is 8. The van der Waals surface area contributed by atoms with Gasteiger partial charge in [0.15, 0.2) is 11.9 Å². The van der Waals surface area contributed by atoms with Gasteiger partial charge in [-0.25, -0.2) is 4.79 Å². The van der Waals surface area contributed by atoms with E-state index < -0.39 is 12.1 Å². The molecule has 0 aliphatic rings. The lowest BCUT2D eigenvalue weighted by Crippen LogP contribution is -2.26. The monoisotopic (exact) mass is 464 g/mol. The van der Waals surface area contributed by atoms with E-state index in [-0.39, 0.29) is 11.5 Å². The summed E-state index contributed by atoms with van der Waals surface area (Å²) in [5.41, 5.74) is 3.42. The smallest absolute Gasteiger partial charge is 0.344 e. The van der Waals surface area contributed by atoms with Crippen molar-refractivity contribution in [1.82, 2.24) is 0 Å². The van der Waals surface area contributed by atoms with E-state index in [0.29, 0.717) is 12.0 Å². The standard InChI is InChI=1S/C25H21BrO4/c1-2-23(25(28)29)30-24-6-4-3-5-21(24)22(27)16-9-17-7-10-18(11-8-17)19-12-14-20(26)15-13-19/h3-16,23H,2H2,1H3,(H,28,29)/b16-9+. The summed E-state index contributed by atoms with van der Waals surface area (Å²) in [5, 5.41) is 9.21. The number of allylic oxidation sites excluding steroid dienone is 1. The molecule has 3 rings (SSSR count). The molecule has 0 saturated heterocycles. The molecule has 0 aliphatic heterocycles. The number of ether oxygens (including phenoxy) is 1. The van der Waals surface area contributed by atoms with Crippen molar-refractivity contribution in [2.75, 3.05) is 0 Å². The van der Waals surface area contributed by atoms with Crippen LogP contribution in [0.1, 0.15) is 29.3 Å². The number of carboxylic acids is 1. The third-order valence-corrected chi connectivity index (χ3v) is 5.11. The normalized spacial score (nSPS) is 11.9. The highest BCUT2D eigenvalue weighted by Gasteiger charge is 2.19. The zero-order chi connectivity index (χ0) is 21.5. The Bertz CT molecular complexity index is 1050. The van der Waals surface area contributed by atoms with Gasteiger partial charge in [-0.3, -0.25) is 4.79 Å². The summed E-state index contributed by atoms with van der Waals surface area (Å²) < 4.78 is 6.57. The summed E-state index contributed by atoms with van der Waals surface area (Å²) in [6.45, 7) is 1.72. The Labute approximate surface area is 184 Å². The van der Waals surface area contributed by atoms with Crippen molar-refractivity contribution in [2.24, 2.45) is 0 Å². The maximum Gasteiger partial charge on any atom is 0.344 e. The Balaban J connectivity index is 1.74. The summed E-state index contributed by atoms with van der Waals surface area (Å²) in [5.74, 6) is -1.03. The van der Waals surface area contributed by atoms with Crippen LogP contribution < -0.4 is 4.74 Å². The van der Waals surface area contributed by atoms with Gasteiger partial charge in [0.1, 0.15) is 5.75 Å². The van der Waals surface area contributed by atoms with Crippen molar-refractivity contribution >= 4 is 33.8 Å². The van der Waals surface area contributed by atoms with E-state index in [1.165, 1.54) is 6.08 Å². The first kappa shape index (κ1) is 21.5. The number of hydrogen-bond acceptors (Lipinski definition) is 3. The number of hydrogen-bond donors (Lipinski definition) is 1. The molecule has 0 aromatic heterocycles. The molecule has 152 valence electrons. The van der Waals surface area contributed by atoms with Gasteiger partial charge in [0.2, 0.25) is 0 Å². The minimum Gasteiger partial charge on any atom is -0.479 e. The van der Waals surface area contributed by atoms with Gasteiger partial charge in [-0.05, 0) is 53.5 Å². The fraction of sp³-hybridized carbons (Fsp3) is 0.120. The van der Waals surface area contributed by atoms with Gasteiger partial charge in [-0.2, -0.15) is 0 Å². The maximum atomic E-state index is 12.7. The molecule has 0 bridgehead atoms. The first-order valence-corrected chi connectivity index (χ1v) is 10.3. The van der Waals surface area contributed by atoms with E-state index >= 15 is 0 Å².